The molecule has 304 valence electrons. The number of nitrogens with zero attached hydrogens (tertiary/aromatic N) is 6. The average Bonchev–Trinajstić information content (AvgIpc) is 3.80. The van der Waals surface area contributed by atoms with Gasteiger partial charge in [0.15, 0.2) is 0 Å². The molecule has 1 aliphatic carbocycles. The predicted octanol–water partition coefficient (Wildman–Crippen LogP) is 9.52. The molecule has 0 saturated carbocycles. The Kier molecular flexibility index (Phi) is 11.8. The van der Waals surface area contributed by atoms with E-state index in [9.17, 15) is 0 Å². The summed E-state index contributed by atoms with van der Waals surface area (Å²) in [5.41, 5.74) is 12.8. The largest absolute Gasteiger partial charge is 0.362 e. The van der Waals surface area contributed by atoms with E-state index >= 15 is 0 Å². The summed E-state index contributed by atoms with van der Waals surface area (Å²) in [6.07, 6.45) is 18.7. The monoisotopic (exact) mass is 778 g/mol. The van der Waals surface area contributed by atoms with E-state index in [-0.39, 0.29) is 18.3 Å². The molecule has 0 bridgehead atoms. The van der Waals surface area contributed by atoms with Crippen LogP contribution in [0.4, 0.5) is 0 Å². The lowest BCUT2D eigenvalue weighted by molar-refractivity contribution is -0.0276. The fourth-order valence-corrected chi connectivity index (χ4v) is 9.78. The summed E-state index contributed by atoms with van der Waals surface area (Å²) in [6.45, 7) is 10.7. The van der Waals surface area contributed by atoms with Gasteiger partial charge in [-0.3, -0.25) is 0 Å². The van der Waals surface area contributed by atoms with Gasteiger partial charge >= 0.3 is 0 Å². The quantitative estimate of drug-likeness (QED) is 0.171. The average molecular weight is 779 g/mol. The van der Waals surface area contributed by atoms with Crippen molar-refractivity contribution in [2.45, 2.75) is 116 Å². The lowest BCUT2D eigenvalue weighted by atomic mass is 9.97. The van der Waals surface area contributed by atoms with Gasteiger partial charge in [0.25, 0.3) is 0 Å². The Morgan fingerprint density at radius 1 is 0.586 bits per heavy atom. The molecule has 58 heavy (non-hydrogen) atoms. The standard InChI is InChI=1S/C26H31N3O.C24H31N3O/c1-18-8-9-22(19(2)16-18)24-17-29-15-10-20-6-4-5-7-23(20)25(26(29)27-24)30-21-11-13-28(3)14-12-21;1-26-14-12-20(13-15-26)28-23-21-10-6-5-7-18(21)11-16-27-17-22(25-24(23)27)19-8-3-2-4-9-19/h4-9,16-17,21,25H,10-15H2,1-3H3;5-8,10,17,20,23H,2-4,9,11-16H2,1H3. The first-order valence-electron chi connectivity index (χ1n) is 22.1. The van der Waals surface area contributed by atoms with Gasteiger partial charge in [-0.05, 0) is 126 Å². The van der Waals surface area contributed by atoms with Gasteiger partial charge in [0.1, 0.15) is 23.9 Å². The highest BCUT2D eigenvalue weighted by Gasteiger charge is 2.33. The Hall–Kier alpha value is -4.34. The van der Waals surface area contributed by atoms with Gasteiger partial charge in [-0.1, -0.05) is 78.4 Å². The highest BCUT2D eigenvalue weighted by molar-refractivity contribution is 5.64. The number of benzene rings is 3. The molecule has 2 saturated heterocycles. The SMILES string of the molecule is CN1CCC(OC2c3ccccc3CCn3cc(C4=CCCCC4)nc32)CC1.Cc1ccc(-c2cn3c(n2)C(OC2CCN(C)CC2)c2ccccc2CC3)c(C)c1. The van der Waals surface area contributed by atoms with Crippen LogP contribution in [0.25, 0.3) is 16.8 Å². The number of rotatable bonds is 6. The molecule has 0 N–H and O–H groups in total. The molecule has 2 aromatic heterocycles. The van der Waals surface area contributed by atoms with E-state index in [0.717, 1.165) is 102 Å². The lowest BCUT2D eigenvalue weighted by Crippen LogP contribution is -2.35. The Balaban J connectivity index is 0.000000151. The van der Waals surface area contributed by atoms with Crippen molar-refractivity contribution in [3.63, 3.8) is 0 Å². The van der Waals surface area contributed by atoms with Gasteiger partial charge in [-0.2, -0.15) is 0 Å². The van der Waals surface area contributed by atoms with E-state index in [2.05, 4.69) is 132 Å². The van der Waals surface area contributed by atoms with E-state index in [0.29, 0.717) is 6.10 Å². The number of fused-ring (bicyclic) bond motifs is 4. The van der Waals surface area contributed by atoms with Crippen LogP contribution in [0.1, 0.15) is 114 Å². The van der Waals surface area contributed by atoms with Gasteiger partial charge in [0.05, 0.1) is 23.6 Å². The summed E-state index contributed by atoms with van der Waals surface area (Å²) in [5.74, 6) is 2.15. The number of piperidine rings is 2. The molecule has 6 heterocycles. The smallest absolute Gasteiger partial charge is 0.143 e. The molecule has 8 nitrogen and oxygen atoms in total. The zero-order chi connectivity index (χ0) is 39.6. The number of aromatic nitrogens is 4. The zero-order valence-corrected chi connectivity index (χ0v) is 35.2. The number of ether oxygens (including phenoxy) is 2. The Bertz CT molecular complexity index is 2220. The van der Waals surface area contributed by atoms with Crippen LogP contribution in [-0.4, -0.2) is 81.4 Å². The third kappa shape index (κ3) is 8.53. The van der Waals surface area contributed by atoms with Gasteiger partial charge in [-0.25, -0.2) is 9.97 Å². The molecule has 2 unspecified atom stereocenters. The third-order valence-corrected chi connectivity index (χ3v) is 13.3. The molecule has 5 aliphatic rings. The topological polar surface area (TPSA) is 60.6 Å². The van der Waals surface area contributed by atoms with Crippen LogP contribution in [-0.2, 0) is 35.4 Å². The van der Waals surface area contributed by atoms with E-state index in [1.54, 1.807) is 0 Å². The first-order valence-corrected chi connectivity index (χ1v) is 22.1. The maximum Gasteiger partial charge on any atom is 0.143 e. The zero-order valence-electron chi connectivity index (χ0n) is 35.2. The molecular weight excluding hydrogens is 717 g/mol. The van der Waals surface area contributed by atoms with Crippen LogP contribution >= 0.6 is 0 Å². The summed E-state index contributed by atoms with van der Waals surface area (Å²) in [4.78, 5) is 15.1. The fraction of sp³-hybridized carbons (Fsp3) is 0.480. The van der Waals surface area contributed by atoms with Gasteiger partial charge in [-0.15, -0.1) is 0 Å². The summed E-state index contributed by atoms with van der Waals surface area (Å²) in [5, 5.41) is 0. The molecule has 0 amide bonds. The van der Waals surface area contributed by atoms with E-state index in [4.69, 9.17) is 19.4 Å². The minimum absolute atomic E-state index is 0.0509. The van der Waals surface area contributed by atoms with Crippen molar-refractivity contribution in [3.8, 4) is 11.3 Å². The maximum absolute atomic E-state index is 6.80. The van der Waals surface area contributed by atoms with Gasteiger partial charge in [0, 0.05) is 57.2 Å². The summed E-state index contributed by atoms with van der Waals surface area (Å²) in [7, 11) is 4.40. The number of likely N-dealkylation sites (tertiary alicyclic amines) is 2. The summed E-state index contributed by atoms with van der Waals surface area (Å²) < 4.78 is 18.3. The second-order valence-electron chi connectivity index (χ2n) is 17.6. The molecule has 4 aliphatic heterocycles. The van der Waals surface area contributed by atoms with Crippen molar-refractivity contribution in [2.75, 3.05) is 40.3 Å². The van der Waals surface area contributed by atoms with Crippen molar-refractivity contribution in [1.82, 2.24) is 28.9 Å². The number of allylic oxidation sites excluding steroid dienone is 2. The number of hydrogen-bond donors (Lipinski definition) is 0. The Morgan fingerprint density at radius 2 is 1.12 bits per heavy atom. The summed E-state index contributed by atoms with van der Waals surface area (Å²) in [6, 6.07) is 24.2. The molecule has 2 atom stereocenters. The Labute approximate surface area is 345 Å². The van der Waals surface area contributed by atoms with Crippen LogP contribution < -0.4 is 0 Å². The van der Waals surface area contributed by atoms with Crippen LogP contribution in [0.3, 0.4) is 0 Å². The maximum atomic E-state index is 6.80. The molecule has 0 spiro atoms. The second-order valence-corrected chi connectivity index (χ2v) is 17.6. The van der Waals surface area contributed by atoms with Crippen molar-refractivity contribution >= 4 is 5.57 Å². The highest BCUT2D eigenvalue weighted by Crippen LogP contribution is 2.38. The molecular formula is C50H62N6O2. The second kappa shape index (κ2) is 17.5. The first-order chi connectivity index (χ1) is 28.4. The van der Waals surface area contributed by atoms with E-state index in [1.165, 1.54) is 69.5 Å². The van der Waals surface area contributed by atoms with Crippen molar-refractivity contribution < 1.29 is 9.47 Å². The van der Waals surface area contributed by atoms with Crippen molar-refractivity contribution in [2.24, 2.45) is 0 Å². The van der Waals surface area contributed by atoms with Crippen LogP contribution in [0.5, 0.6) is 0 Å². The minimum atomic E-state index is -0.100. The fourth-order valence-electron chi connectivity index (χ4n) is 9.78. The van der Waals surface area contributed by atoms with Gasteiger partial charge < -0.3 is 28.4 Å². The van der Waals surface area contributed by atoms with E-state index in [1.807, 2.05) is 0 Å². The van der Waals surface area contributed by atoms with Crippen LogP contribution in [0.2, 0.25) is 0 Å². The molecule has 0 radical (unpaired) electrons. The molecule has 10 rings (SSSR count). The minimum Gasteiger partial charge on any atom is -0.362 e. The molecule has 8 heteroatoms. The first kappa shape index (κ1) is 39.1. The number of aryl methyl sites for hydroxylation is 6. The normalized spacial score (nSPS) is 21.7. The van der Waals surface area contributed by atoms with Crippen LogP contribution in [0.15, 0.2) is 85.2 Å². The third-order valence-electron chi connectivity index (χ3n) is 13.3. The number of imidazole rings is 2. The highest BCUT2D eigenvalue weighted by atomic mass is 16.5. The summed E-state index contributed by atoms with van der Waals surface area (Å²) >= 11 is 0. The van der Waals surface area contributed by atoms with Crippen LogP contribution in [0, 0.1) is 13.8 Å². The molecule has 2 fully saturated rings. The molecule has 3 aromatic carbocycles. The lowest BCUT2D eigenvalue weighted by Gasteiger charge is -2.32. The molecule has 5 aromatic rings. The Morgan fingerprint density at radius 3 is 1.66 bits per heavy atom. The number of hydrogen-bond acceptors (Lipinski definition) is 6. The predicted molar refractivity (Wildman–Crippen MR) is 233 cm³/mol. The van der Waals surface area contributed by atoms with Crippen molar-refractivity contribution in [1.29, 1.82) is 0 Å². The van der Waals surface area contributed by atoms with Crippen molar-refractivity contribution in [3.05, 3.63) is 136 Å². The van der Waals surface area contributed by atoms with E-state index < -0.39 is 0 Å². The van der Waals surface area contributed by atoms with Gasteiger partial charge in [0.2, 0.25) is 0 Å².